The van der Waals surface area contributed by atoms with Gasteiger partial charge in [0.05, 0.1) is 22.0 Å². The zero-order valence-electron chi connectivity index (χ0n) is 11.1. The van der Waals surface area contributed by atoms with Crippen molar-refractivity contribution in [2.45, 2.75) is 12.3 Å². The highest BCUT2D eigenvalue weighted by Gasteiger charge is 2.35. The molecule has 4 N–H and O–H groups in total. The van der Waals surface area contributed by atoms with Crippen LogP contribution in [-0.2, 0) is 6.18 Å². The van der Waals surface area contributed by atoms with Crippen LogP contribution in [0.2, 0.25) is 5.02 Å². The van der Waals surface area contributed by atoms with E-state index in [2.05, 4.69) is 0 Å². The van der Waals surface area contributed by atoms with E-state index in [1.165, 1.54) is 17.2 Å². The number of alkyl halides is 3. The van der Waals surface area contributed by atoms with Crippen molar-refractivity contribution in [1.82, 2.24) is 0 Å². The second-order valence-electron chi connectivity index (χ2n) is 4.79. The van der Waals surface area contributed by atoms with Crippen LogP contribution in [0.3, 0.4) is 0 Å². The Morgan fingerprint density at radius 2 is 1.91 bits per heavy atom. The molecule has 1 unspecified atom stereocenters. The van der Waals surface area contributed by atoms with Crippen molar-refractivity contribution in [3.05, 3.63) is 52.5 Å². The molecular formula is C14H11ClF3N3O. The fraction of sp³-hybridized carbons (Fsp3) is 0.143. The van der Waals surface area contributed by atoms with Crippen molar-refractivity contribution in [2.75, 3.05) is 10.8 Å². The van der Waals surface area contributed by atoms with E-state index in [1.54, 1.807) is 12.1 Å². The molecular weight excluding hydrogens is 319 g/mol. The Hall–Kier alpha value is -2.12. The second-order valence-corrected chi connectivity index (χ2v) is 5.20. The molecule has 0 aromatic heterocycles. The highest BCUT2D eigenvalue weighted by atomic mass is 35.5. The summed E-state index contributed by atoms with van der Waals surface area (Å²) >= 11 is 5.91. The van der Waals surface area contributed by atoms with E-state index in [-0.39, 0.29) is 22.1 Å². The summed E-state index contributed by atoms with van der Waals surface area (Å²) in [7, 11) is 0. The number of benzene rings is 2. The van der Waals surface area contributed by atoms with Crippen molar-refractivity contribution < 1.29 is 18.0 Å². The van der Waals surface area contributed by atoms with E-state index in [9.17, 15) is 13.2 Å². The van der Waals surface area contributed by atoms with Crippen molar-refractivity contribution >= 4 is 23.0 Å². The molecule has 0 spiro atoms. The number of rotatable bonds is 1. The van der Waals surface area contributed by atoms with Crippen LogP contribution in [0.1, 0.15) is 17.3 Å². The van der Waals surface area contributed by atoms with Gasteiger partial charge in [0.1, 0.15) is 6.17 Å². The Bertz CT molecular complexity index is 736. The lowest BCUT2D eigenvalue weighted by molar-refractivity contribution is -0.137. The van der Waals surface area contributed by atoms with Gasteiger partial charge >= 0.3 is 6.18 Å². The van der Waals surface area contributed by atoms with Gasteiger partial charge in [-0.3, -0.25) is 0 Å². The third-order valence-corrected chi connectivity index (χ3v) is 3.69. The molecule has 0 saturated carbocycles. The first-order chi connectivity index (χ1) is 10.3. The third-order valence-electron chi connectivity index (χ3n) is 3.36. The molecule has 1 aliphatic rings. The summed E-state index contributed by atoms with van der Waals surface area (Å²) in [5.41, 5.74) is 12.0. The van der Waals surface area contributed by atoms with Crippen molar-refractivity contribution in [3.63, 3.8) is 0 Å². The normalized spacial score (nSPS) is 17.3. The molecule has 0 aliphatic carbocycles. The first-order valence-corrected chi connectivity index (χ1v) is 6.65. The van der Waals surface area contributed by atoms with Gasteiger partial charge < -0.3 is 16.3 Å². The van der Waals surface area contributed by atoms with E-state index in [0.717, 1.165) is 12.1 Å². The number of hydrogen-bond acceptors (Lipinski definition) is 4. The first kappa shape index (κ1) is 14.8. The quantitative estimate of drug-likeness (QED) is 0.783. The highest BCUT2D eigenvalue weighted by Crippen LogP contribution is 2.44. The van der Waals surface area contributed by atoms with Crippen LogP contribution < -0.4 is 21.4 Å². The Morgan fingerprint density at radius 3 is 2.59 bits per heavy atom. The molecule has 0 bridgehead atoms. The molecule has 0 amide bonds. The molecule has 22 heavy (non-hydrogen) atoms. The topological polar surface area (TPSA) is 64.5 Å². The SMILES string of the molecule is Nc1c(Cl)ccc2c1ON(c1cccc(C(F)(F)F)c1)C2N. The molecule has 8 heteroatoms. The number of hydrogen-bond donors (Lipinski definition) is 2. The number of fused-ring (bicyclic) bond motifs is 1. The molecule has 116 valence electrons. The van der Waals surface area contributed by atoms with Crippen molar-refractivity contribution in [3.8, 4) is 5.75 Å². The number of hydroxylamine groups is 1. The smallest absolute Gasteiger partial charge is 0.394 e. The van der Waals surface area contributed by atoms with E-state index in [1.807, 2.05) is 0 Å². The number of nitrogens with two attached hydrogens (primary N) is 2. The fourth-order valence-electron chi connectivity index (χ4n) is 2.24. The lowest BCUT2D eigenvalue weighted by Gasteiger charge is -2.22. The lowest BCUT2D eigenvalue weighted by atomic mass is 10.1. The predicted molar refractivity (Wildman–Crippen MR) is 77.3 cm³/mol. The van der Waals surface area contributed by atoms with E-state index < -0.39 is 17.9 Å². The largest absolute Gasteiger partial charge is 0.416 e. The van der Waals surface area contributed by atoms with Crippen LogP contribution in [0.5, 0.6) is 5.75 Å². The van der Waals surface area contributed by atoms with Crippen LogP contribution in [-0.4, -0.2) is 0 Å². The van der Waals surface area contributed by atoms with Gasteiger partial charge in [0.2, 0.25) is 0 Å². The summed E-state index contributed by atoms with van der Waals surface area (Å²) in [4.78, 5) is 5.52. The van der Waals surface area contributed by atoms with Crippen LogP contribution >= 0.6 is 11.6 Å². The fourth-order valence-corrected chi connectivity index (χ4v) is 2.39. The van der Waals surface area contributed by atoms with Crippen molar-refractivity contribution in [1.29, 1.82) is 0 Å². The van der Waals surface area contributed by atoms with Gasteiger partial charge in [-0.15, -0.1) is 0 Å². The monoisotopic (exact) mass is 329 g/mol. The Kier molecular flexibility index (Phi) is 3.34. The summed E-state index contributed by atoms with van der Waals surface area (Å²) in [6.45, 7) is 0. The van der Waals surface area contributed by atoms with Crippen LogP contribution in [0.4, 0.5) is 24.5 Å². The lowest BCUT2D eigenvalue weighted by Crippen LogP contribution is -2.31. The van der Waals surface area contributed by atoms with Gasteiger partial charge in [0.15, 0.2) is 5.75 Å². The molecule has 2 aromatic rings. The summed E-state index contributed by atoms with van der Waals surface area (Å²) < 4.78 is 38.4. The number of anilines is 2. The zero-order valence-corrected chi connectivity index (χ0v) is 11.8. The Balaban J connectivity index is 2.00. The van der Waals surface area contributed by atoms with Crippen LogP contribution in [0, 0.1) is 0 Å². The van der Waals surface area contributed by atoms with Crippen LogP contribution in [0.15, 0.2) is 36.4 Å². The van der Waals surface area contributed by atoms with E-state index in [4.69, 9.17) is 27.9 Å². The zero-order chi connectivity index (χ0) is 16.1. The average molecular weight is 330 g/mol. The number of nitrogen functional groups attached to an aromatic ring is 1. The molecule has 0 radical (unpaired) electrons. The minimum atomic E-state index is -4.45. The molecule has 0 saturated heterocycles. The van der Waals surface area contributed by atoms with Gasteiger partial charge in [0.25, 0.3) is 0 Å². The van der Waals surface area contributed by atoms with Gasteiger partial charge in [-0.1, -0.05) is 17.7 Å². The third kappa shape index (κ3) is 2.32. The molecule has 1 heterocycles. The standard InChI is InChI=1S/C14H11ClF3N3O/c15-10-5-4-9-12(11(10)19)22-21(13(9)20)8-3-1-2-7(6-8)14(16,17)18/h1-6,13H,19-20H2. The summed E-state index contributed by atoms with van der Waals surface area (Å²) in [6.07, 6.45) is -5.23. The molecule has 3 rings (SSSR count). The van der Waals surface area contributed by atoms with Crippen molar-refractivity contribution in [2.24, 2.45) is 5.73 Å². The predicted octanol–water partition coefficient (Wildman–Crippen LogP) is 3.71. The number of nitrogens with zero attached hydrogens (tertiary/aromatic N) is 1. The highest BCUT2D eigenvalue weighted by molar-refractivity contribution is 6.33. The summed E-state index contributed by atoms with van der Waals surface area (Å²) in [6, 6.07) is 7.89. The average Bonchev–Trinajstić information content (AvgIpc) is 2.80. The summed E-state index contributed by atoms with van der Waals surface area (Å²) in [5.74, 6) is 0.261. The maximum atomic E-state index is 12.8. The molecule has 0 fully saturated rings. The molecule has 4 nitrogen and oxygen atoms in total. The molecule has 1 aliphatic heterocycles. The van der Waals surface area contributed by atoms with E-state index >= 15 is 0 Å². The van der Waals surface area contributed by atoms with E-state index in [0.29, 0.717) is 5.56 Å². The maximum Gasteiger partial charge on any atom is 0.416 e. The number of halogens is 4. The minimum Gasteiger partial charge on any atom is -0.394 e. The minimum absolute atomic E-state index is 0.175. The molecule has 1 atom stereocenters. The second kappa shape index (κ2) is 4.96. The first-order valence-electron chi connectivity index (χ1n) is 6.27. The van der Waals surface area contributed by atoms with Gasteiger partial charge in [-0.05, 0) is 30.3 Å². The Morgan fingerprint density at radius 1 is 1.18 bits per heavy atom. The summed E-state index contributed by atoms with van der Waals surface area (Å²) in [5, 5.41) is 1.46. The van der Waals surface area contributed by atoms with Gasteiger partial charge in [-0.2, -0.15) is 18.2 Å². The maximum absolute atomic E-state index is 12.8. The van der Waals surface area contributed by atoms with Gasteiger partial charge in [-0.25, -0.2) is 0 Å². The van der Waals surface area contributed by atoms with Gasteiger partial charge in [0, 0.05) is 5.56 Å². The van der Waals surface area contributed by atoms with Crippen LogP contribution in [0.25, 0.3) is 0 Å². The Labute approximate surface area is 129 Å². The molecule has 2 aromatic carbocycles.